The number of hydrogen-bond acceptors (Lipinski definition) is 4. The highest BCUT2D eigenvalue weighted by Crippen LogP contribution is 2.02. The third-order valence-electron chi connectivity index (χ3n) is 3.48. The topological polar surface area (TPSA) is 66.8 Å². The second kappa shape index (κ2) is 17.0. The number of allylic oxidation sites excluding steroid dienone is 4. The van der Waals surface area contributed by atoms with Crippen LogP contribution in [0.3, 0.4) is 0 Å². The lowest BCUT2D eigenvalue weighted by molar-refractivity contribution is -0.140. The molecule has 0 aliphatic heterocycles. The minimum absolute atomic E-state index is 0.278. The third-order valence-corrected chi connectivity index (χ3v) is 3.48. The van der Waals surface area contributed by atoms with E-state index in [4.69, 9.17) is 0 Å². The maximum Gasteiger partial charge on any atom is 0.305 e. The fourth-order valence-electron chi connectivity index (χ4n) is 2.00. The molecule has 0 aromatic carbocycles. The zero-order valence-electron chi connectivity index (χ0n) is 15.5. The van der Waals surface area contributed by atoms with Gasteiger partial charge in [-0.2, -0.15) is 0 Å². The summed E-state index contributed by atoms with van der Waals surface area (Å²) in [5.41, 5.74) is 0. The molecule has 4 heteroatoms. The van der Waals surface area contributed by atoms with Gasteiger partial charge in [0.05, 0.1) is 13.2 Å². The summed E-state index contributed by atoms with van der Waals surface area (Å²) in [4.78, 5) is 10.9. The van der Waals surface area contributed by atoms with Crippen molar-refractivity contribution in [3.63, 3.8) is 0 Å². The van der Waals surface area contributed by atoms with Gasteiger partial charge in [-0.1, -0.05) is 62.0 Å². The van der Waals surface area contributed by atoms with Crippen LogP contribution in [0.2, 0.25) is 0 Å². The fourth-order valence-corrected chi connectivity index (χ4v) is 2.00. The Morgan fingerprint density at radius 3 is 2.68 bits per heavy atom. The van der Waals surface area contributed by atoms with Crippen molar-refractivity contribution in [3.8, 4) is 11.8 Å². The molecule has 0 spiro atoms. The molecule has 0 amide bonds. The first kappa shape index (κ1) is 23.2. The Labute approximate surface area is 152 Å². The molecular formula is C21H32O4. The number of carbonyl (C=O) groups excluding carboxylic acids is 1. The van der Waals surface area contributed by atoms with Crippen molar-refractivity contribution in [1.82, 2.24) is 0 Å². The van der Waals surface area contributed by atoms with Gasteiger partial charge in [-0.05, 0) is 38.2 Å². The van der Waals surface area contributed by atoms with Crippen molar-refractivity contribution in [3.05, 3.63) is 36.5 Å². The van der Waals surface area contributed by atoms with Gasteiger partial charge in [-0.3, -0.25) is 4.79 Å². The predicted octanol–water partition coefficient (Wildman–Crippen LogP) is 3.69. The molecule has 0 radical (unpaired) electrons. The number of unbranched alkanes of at least 4 members (excludes halogenated alkanes) is 3. The lowest BCUT2D eigenvalue weighted by Crippen LogP contribution is -2.05. The SMILES string of the molecule is CCCCC/C=C\CC(O)/C=C/C=C/C#CC(O)CCCC(=O)OC. The first-order valence-corrected chi connectivity index (χ1v) is 9.02. The van der Waals surface area contributed by atoms with Gasteiger partial charge >= 0.3 is 5.97 Å². The molecule has 0 fully saturated rings. The molecule has 0 aliphatic rings. The van der Waals surface area contributed by atoms with Crippen molar-refractivity contribution in [2.24, 2.45) is 0 Å². The first-order chi connectivity index (χ1) is 12.1. The summed E-state index contributed by atoms with van der Waals surface area (Å²) in [6, 6.07) is 0. The smallest absolute Gasteiger partial charge is 0.305 e. The van der Waals surface area contributed by atoms with Gasteiger partial charge in [0.25, 0.3) is 0 Å². The summed E-state index contributed by atoms with van der Waals surface area (Å²) >= 11 is 0. The van der Waals surface area contributed by atoms with E-state index in [1.807, 2.05) is 6.08 Å². The second-order valence-corrected chi connectivity index (χ2v) is 5.79. The second-order valence-electron chi connectivity index (χ2n) is 5.79. The number of ether oxygens (including phenoxy) is 1. The minimum Gasteiger partial charge on any atom is -0.469 e. The monoisotopic (exact) mass is 348 g/mol. The van der Waals surface area contributed by atoms with Gasteiger partial charge in [-0.15, -0.1) is 0 Å². The van der Waals surface area contributed by atoms with Crippen LogP contribution < -0.4 is 0 Å². The lowest BCUT2D eigenvalue weighted by Gasteiger charge is -2.01. The summed E-state index contributed by atoms with van der Waals surface area (Å²) in [5, 5.41) is 19.4. The predicted molar refractivity (Wildman–Crippen MR) is 102 cm³/mol. The van der Waals surface area contributed by atoms with E-state index in [1.165, 1.54) is 26.4 Å². The van der Waals surface area contributed by atoms with Crippen LogP contribution in [-0.4, -0.2) is 35.5 Å². The molecule has 2 atom stereocenters. The number of hydrogen-bond donors (Lipinski definition) is 2. The van der Waals surface area contributed by atoms with Gasteiger partial charge in [0.1, 0.15) is 6.10 Å². The van der Waals surface area contributed by atoms with Gasteiger partial charge in [0.2, 0.25) is 0 Å². The van der Waals surface area contributed by atoms with Crippen molar-refractivity contribution in [1.29, 1.82) is 0 Å². The molecular weight excluding hydrogens is 316 g/mol. The Hall–Kier alpha value is -1.83. The minimum atomic E-state index is -0.748. The van der Waals surface area contributed by atoms with Crippen LogP contribution in [0.5, 0.6) is 0 Å². The van der Waals surface area contributed by atoms with Crippen LogP contribution in [0.1, 0.15) is 58.3 Å². The van der Waals surface area contributed by atoms with Crippen molar-refractivity contribution in [2.45, 2.75) is 70.5 Å². The molecule has 4 nitrogen and oxygen atoms in total. The van der Waals surface area contributed by atoms with E-state index in [0.29, 0.717) is 25.7 Å². The third kappa shape index (κ3) is 16.8. The van der Waals surface area contributed by atoms with Gasteiger partial charge < -0.3 is 14.9 Å². The van der Waals surface area contributed by atoms with E-state index in [9.17, 15) is 15.0 Å². The molecule has 0 rings (SSSR count). The normalized spacial score (nSPS) is 13.9. The van der Waals surface area contributed by atoms with Crippen LogP contribution in [0.25, 0.3) is 0 Å². The average Bonchev–Trinajstić information content (AvgIpc) is 2.60. The zero-order chi connectivity index (χ0) is 18.8. The van der Waals surface area contributed by atoms with Gasteiger partial charge in [0, 0.05) is 6.42 Å². The van der Waals surface area contributed by atoms with E-state index >= 15 is 0 Å². The maximum atomic E-state index is 10.9. The summed E-state index contributed by atoms with van der Waals surface area (Å²) in [6.07, 6.45) is 16.3. The van der Waals surface area contributed by atoms with Crippen LogP contribution >= 0.6 is 0 Å². The zero-order valence-corrected chi connectivity index (χ0v) is 15.5. The van der Waals surface area contributed by atoms with Crippen LogP contribution in [0.4, 0.5) is 0 Å². The average molecular weight is 348 g/mol. The molecule has 25 heavy (non-hydrogen) atoms. The van der Waals surface area contributed by atoms with E-state index in [2.05, 4.69) is 29.6 Å². The van der Waals surface area contributed by atoms with Gasteiger partial charge in [-0.25, -0.2) is 0 Å². The summed E-state index contributed by atoms with van der Waals surface area (Å²) in [6.45, 7) is 2.18. The molecule has 0 aliphatic carbocycles. The molecule has 140 valence electrons. The van der Waals surface area contributed by atoms with E-state index in [1.54, 1.807) is 24.3 Å². The summed E-state index contributed by atoms with van der Waals surface area (Å²) in [7, 11) is 1.34. The van der Waals surface area contributed by atoms with Crippen molar-refractivity contribution >= 4 is 5.97 Å². The van der Waals surface area contributed by atoms with Crippen LogP contribution in [0, 0.1) is 11.8 Å². The maximum absolute atomic E-state index is 10.9. The highest BCUT2D eigenvalue weighted by atomic mass is 16.5. The number of aliphatic hydroxyl groups excluding tert-OH is 2. The van der Waals surface area contributed by atoms with E-state index in [-0.39, 0.29) is 5.97 Å². The summed E-state index contributed by atoms with van der Waals surface area (Å²) < 4.78 is 4.52. The largest absolute Gasteiger partial charge is 0.469 e. The number of esters is 1. The number of carbonyl (C=O) groups is 1. The number of aliphatic hydroxyl groups is 2. The standard InChI is InChI=1S/C21H32O4/c1-3-4-5-6-7-10-14-19(22)15-11-8-9-12-16-20(23)17-13-18-21(24)25-2/h7-11,15,19-20,22-23H,3-6,13-14,17-18H2,1-2H3/b9-8+,10-7-,15-11+. The number of methoxy groups -OCH3 is 1. The van der Waals surface area contributed by atoms with E-state index in [0.717, 1.165) is 6.42 Å². The molecule has 2 unspecified atom stereocenters. The molecule has 0 heterocycles. The highest BCUT2D eigenvalue weighted by molar-refractivity contribution is 5.68. The highest BCUT2D eigenvalue weighted by Gasteiger charge is 2.03. The first-order valence-electron chi connectivity index (χ1n) is 9.02. The Morgan fingerprint density at radius 1 is 1.16 bits per heavy atom. The molecule has 0 aromatic rings. The van der Waals surface area contributed by atoms with Crippen molar-refractivity contribution in [2.75, 3.05) is 7.11 Å². The van der Waals surface area contributed by atoms with Crippen LogP contribution in [0.15, 0.2) is 36.5 Å². The Balaban J connectivity index is 3.88. The molecule has 2 N–H and O–H groups in total. The van der Waals surface area contributed by atoms with E-state index < -0.39 is 12.2 Å². The van der Waals surface area contributed by atoms with Crippen molar-refractivity contribution < 1.29 is 19.7 Å². The molecule has 0 saturated heterocycles. The fraction of sp³-hybridized carbons (Fsp3) is 0.571. The molecule has 0 aromatic heterocycles. The Kier molecular flexibility index (Phi) is 15.8. The summed E-state index contributed by atoms with van der Waals surface area (Å²) in [5.74, 6) is 5.14. The number of rotatable bonds is 12. The van der Waals surface area contributed by atoms with Gasteiger partial charge in [0.15, 0.2) is 0 Å². The molecule has 0 saturated carbocycles. The Morgan fingerprint density at radius 2 is 1.96 bits per heavy atom. The van der Waals surface area contributed by atoms with Crippen LogP contribution in [-0.2, 0) is 9.53 Å². The quantitative estimate of drug-likeness (QED) is 0.186. The Bertz CT molecular complexity index is 480. The lowest BCUT2D eigenvalue weighted by atomic mass is 10.1. The molecule has 0 bridgehead atoms.